The molecule has 2 aliphatic heterocycles. The van der Waals surface area contributed by atoms with Crippen LogP contribution in [0.5, 0.6) is 11.5 Å². The van der Waals surface area contributed by atoms with Gasteiger partial charge in [0.05, 0.1) is 14.2 Å². The van der Waals surface area contributed by atoms with E-state index in [1.807, 2.05) is 34.8 Å². The van der Waals surface area contributed by atoms with Crippen LogP contribution < -0.4 is 14.8 Å². The second-order valence-electron chi connectivity index (χ2n) is 11.3. The summed E-state index contributed by atoms with van der Waals surface area (Å²) in [5.41, 5.74) is 3.87. The van der Waals surface area contributed by atoms with Crippen LogP contribution in [0.25, 0.3) is 5.70 Å². The van der Waals surface area contributed by atoms with E-state index in [1.54, 1.807) is 19.1 Å². The number of methoxy groups -OCH3 is 2. The molecule has 44 heavy (non-hydrogen) atoms. The number of benzene rings is 1. The Balaban J connectivity index is 1.96. The van der Waals surface area contributed by atoms with Crippen molar-refractivity contribution in [3.05, 3.63) is 77.2 Å². The fourth-order valence-electron chi connectivity index (χ4n) is 4.98. The lowest BCUT2D eigenvalue weighted by Crippen LogP contribution is -2.34. The Morgan fingerprint density at radius 1 is 1.18 bits per heavy atom. The number of ether oxygens (including phenoxy) is 2. The van der Waals surface area contributed by atoms with Gasteiger partial charge in [-0.25, -0.2) is 0 Å². The number of hydrogen-bond donors (Lipinski definition) is 1. The zero-order valence-corrected chi connectivity index (χ0v) is 26.3. The van der Waals surface area contributed by atoms with Gasteiger partial charge in [-0.1, -0.05) is 45.9 Å². The zero-order valence-electron chi connectivity index (χ0n) is 26.3. The number of allylic oxidation sites excluding steroid dienone is 5. The van der Waals surface area contributed by atoms with E-state index in [0.717, 1.165) is 29.7 Å². The van der Waals surface area contributed by atoms with Crippen LogP contribution in [0.2, 0.25) is 0 Å². The molecule has 0 saturated heterocycles. The molecule has 10 heteroatoms. The van der Waals surface area contributed by atoms with Crippen molar-refractivity contribution in [3.8, 4) is 11.5 Å². The zero-order chi connectivity index (χ0) is 32.6. The summed E-state index contributed by atoms with van der Waals surface area (Å²) in [4.78, 5) is 30.8. The van der Waals surface area contributed by atoms with Crippen molar-refractivity contribution in [2.24, 2.45) is 22.7 Å². The second kappa shape index (κ2) is 15.1. The molecule has 1 aromatic rings. The Morgan fingerprint density at radius 2 is 1.84 bits per heavy atom. The Bertz CT molecular complexity index is 1380. The molecule has 2 aliphatic rings. The maximum Gasteiger partial charge on any atom is 0.405 e. The molecule has 7 nitrogen and oxygen atoms in total. The van der Waals surface area contributed by atoms with Crippen molar-refractivity contribution in [2.45, 2.75) is 53.1 Å². The maximum atomic E-state index is 12.8. The molecule has 3 rings (SSSR count). The molecule has 0 fully saturated rings. The van der Waals surface area contributed by atoms with E-state index in [2.05, 4.69) is 44.5 Å². The van der Waals surface area contributed by atoms with Crippen molar-refractivity contribution in [1.29, 1.82) is 0 Å². The Kier molecular flexibility index (Phi) is 11.8. The SMILES string of the molecule is C=C1C=C(C2=CC(C(C)CCC(C)=O)CN=C2)C=CN1/C(=C\C(C)CC)c1cc(OC)c(C(=O)NCC(F)(F)F)c(OC)c1. The summed E-state index contributed by atoms with van der Waals surface area (Å²) in [5.74, 6) is 0.0756. The molecule has 0 radical (unpaired) electrons. The number of rotatable bonds is 13. The molecule has 0 aliphatic carbocycles. The Hall–Kier alpha value is -4.08. The molecule has 0 spiro atoms. The van der Waals surface area contributed by atoms with Crippen LogP contribution >= 0.6 is 0 Å². The number of dihydropyridines is 1. The standard InChI is InChI=1S/C34H42F3N3O4/c1-8-21(2)13-29(26-16-30(43-6)32(31(17-26)44-7)33(42)39-20-34(35,36)37)40-12-11-25(14-23(40)4)28-15-27(18-38-19-28)22(3)9-10-24(5)41/h11-17,19,21-22,27H,4,8-10,18,20H2,1-3,5-7H3,(H,39,42)/b29-13-. The molecule has 1 aromatic carbocycles. The molecular formula is C34H42F3N3O4. The summed E-state index contributed by atoms with van der Waals surface area (Å²) in [7, 11) is 2.69. The van der Waals surface area contributed by atoms with Crippen LogP contribution in [-0.4, -0.2) is 56.3 Å². The highest BCUT2D eigenvalue weighted by atomic mass is 19.4. The predicted octanol–water partition coefficient (Wildman–Crippen LogP) is 7.28. The first-order chi connectivity index (χ1) is 20.8. The lowest BCUT2D eigenvalue weighted by atomic mass is 9.85. The number of aliphatic imine (C=N–C) groups is 1. The lowest BCUT2D eigenvalue weighted by Gasteiger charge is -2.30. The third-order valence-electron chi connectivity index (χ3n) is 7.81. The van der Waals surface area contributed by atoms with Gasteiger partial charge in [-0.2, -0.15) is 13.2 Å². The number of carbonyl (C=O) groups excluding carboxylic acids is 2. The molecule has 1 N–H and O–H groups in total. The summed E-state index contributed by atoms with van der Waals surface area (Å²) in [6.45, 7) is 11.4. The summed E-state index contributed by atoms with van der Waals surface area (Å²) < 4.78 is 49.3. The van der Waals surface area contributed by atoms with Crippen LogP contribution in [0.4, 0.5) is 13.2 Å². The number of Topliss-reactive ketones (excluding diaryl/α,β-unsaturated/α-hetero) is 1. The number of hydrogen-bond acceptors (Lipinski definition) is 6. The van der Waals surface area contributed by atoms with Gasteiger partial charge in [-0.3, -0.25) is 9.79 Å². The normalized spacial score (nSPS) is 18.4. The smallest absolute Gasteiger partial charge is 0.405 e. The minimum absolute atomic E-state index is 0.0745. The monoisotopic (exact) mass is 613 g/mol. The number of amides is 1. The lowest BCUT2D eigenvalue weighted by molar-refractivity contribution is -0.123. The van der Waals surface area contributed by atoms with Crippen molar-refractivity contribution >= 4 is 23.6 Å². The summed E-state index contributed by atoms with van der Waals surface area (Å²) in [5, 5.41) is 1.89. The van der Waals surface area contributed by atoms with Crippen LogP contribution in [0.15, 0.2) is 71.1 Å². The van der Waals surface area contributed by atoms with Crippen molar-refractivity contribution in [3.63, 3.8) is 0 Å². The van der Waals surface area contributed by atoms with Gasteiger partial charge in [0.2, 0.25) is 0 Å². The molecule has 2 heterocycles. The number of carbonyl (C=O) groups is 2. The highest BCUT2D eigenvalue weighted by Gasteiger charge is 2.30. The molecule has 0 aromatic heterocycles. The molecule has 3 unspecified atom stereocenters. The minimum Gasteiger partial charge on any atom is -0.496 e. The van der Waals surface area contributed by atoms with Gasteiger partial charge in [0.1, 0.15) is 29.4 Å². The van der Waals surface area contributed by atoms with Crippen LogP contribution in [0.3, 0.4) is 0 Å². The predicted molar refractivity (Wildman–Crippen MR) is 168 cm³/mol. The van der Waals surface area contributed by atoms with Gasteiger partial charge in [0.25, 0.3) is 5.91 Å². The molecule has 238 valence electrons. The summed E-state index contributed by atoms with van der Waals surface area (Å²) in [6.07, 6.45) is 9.66. The van der Waals surface area contributed by atoms with Gasteiger partial charge in [-0.15, -0.1) is 0 Å². The number of ketones is 1. The number of halogens is 3. The number of nitrogens with one attached hydrogen (secondary N) is 1. The Labute approximate surface area is 257 Å². The van der Waals surface area contributed by atoms with Gasteiger partial charge in [-0.05, 0) is 66.5 Å². The number of alkyl halides is 3. The van der Waals surface area contributed by atoms with E-state index in [-0.39, 0.29) is 34.7 Å². The average Bonchev–Trinajstić information content (AvgIpc) is 3.00. The van der Waals surface area contributed by atoms with Gasteiger partial charge < -0.3 is 24.5 Å². The fraction of sp³-hybridized carbons (Fsp3) is 0.441. The minimum atomic E-state index is -4.57. The first kappa shape index (κ1) is 34.4. The quantitative estimate of drug-likeness (QED) is 0.253. The van der Waals surface area contributed by atoms with Crippen molar-refractivity contribution < 1.29 is 32.2 Å². The fourth-order valence-corrected chi connectivity index (χ4v) is 4.98. The first-order valence-electron chi connectivity index (χ1n) is 14.7. The first-order valence-corrected chi connectivity index (χ1v) is 14.7. The van der Waals surface area contributed by atoms with E-state index in [0.29, 0.717) is 30.1 Å². The van der Waals surface area contributed by atoms with Crippen LogP contribution in [0, 0.1) is 17.8 Å². The molecule has 1 amide bonds. The molecule has 3 atom stereocenters. The molecular weight excluding hydrogens is 571 g/mol. The highest BCUT2D eigenvalue weighted by molar-refractivity contribution is 6.00. The maximum absolute atomic E-state index is 12.8. The summed E-state index contributed by atoms with van der Waals surface area (Å²) >= 11 is 0. The van der Waals surface area contributed by atoms with Crippen molar-refractivity contribution in [2.75, 3.05) is 27.3 Å². The largest absolute Gasteiger partial charge is 0.496 e. The Morgan fingerprint density at radius 3 is 2.39 bits per heavy atom. The van der Waals surface area contributed by atoms with Gasteiger partial charge >= 0.3 is 6.18 Å². The average molecular weight is 614 g/mol. The highest BCUT2D eigenvalue weighted by Crippen LogP contribution is 2.38. The number of nitrogens with zero attached hydrogens (tertiary/aromatic N) is 2. The van der Waals surface area contributed by atoms with E-state index in [4.69, 9.17) is 9.47 Å². The van der Waals surface area contributed by atoms with Crippen LogP contribution in [-0.2, 0) is 4.79 Å². The second-order valence-corrected chi connectivity index (χ2v) is 11.3. The van der Waals surface area contributed by atoms with E-state index in [9.17, 15) is 22.8 Å². The summed E-state index contributed by atoms with van der Waals surface area (Å²) in [6, 6.07) is 3.23. The van der Waals surface area contributed by atoms with E-state index >= 15 is 0 Å². The topological polar surface area (TPSA) is 80.2 Å². The molecule has 0 saturated carbocycles. The third kappa shape index (κ3) is 8.97. The van der Waals surface area contributed by atoms with E-state index in [1.165, 1.54) is 14.2 Å². The van der Waals surface area contributed by atoms with Crippen LogP contribution in [0.1, 0.15) is 62.9 Å². The van der Waals surface area contributed by atoms with E-state index < -0.39 is 18.6 Å². The van der Waals surface area contributed by atoms with Gasteiger partial charge in [0.15, 0.2) is 0 Å². The van der Waals surface area contributed by atoms with Crippen molar-refractivity contribution in [1.82, 2.24) is 10.2 Å². The van der Waals surface area contributed by atoms with Gasteiger partial charge in [0, 0.05) is 42.3 Å². The molecule has 0 bridgehead atoms. The third-order valence-corrected chi connectivity index (χ3v) is 7.81.